The third-order valence-electron chi connectivity index (χ3n) is 5.02. The smallest absolute Gasteiger partial charge is 0.0727 e. The number of hydrogen-bond donors (Lipinski definition) is 0. The van der Waals surface area contributed by atoms with Gasteiger partial charge in [-0.15, -0.1) is 6.58 Å². The standard InChI is InChI=1S/C26H27N/c1-4-25(23-16-10-6-11-17-23)27(21-20-22-14-8-5-9-15-22)26(2,3)24-18-12-7-13-19-24/h4-21,25H,1H2,2-3H3. The average Bonchev–Trinajstić information content (AvgIpc) is 2.73. The van der Waals surface area contributed by atoms with E-state index >= 15 is 0 Å². The van der Waals surface area contributed by atoms with Crippen LogP contribution in [0.25, 0.3) is 6.08 Å². The Labute approximate surface area is 163 Å². The fourth-order valence-corrected chi connectivity index (χ4v) is 3.41. The summed E-state index contributed by atoms with van der Waals surface area (Å²) < 4.78 is 0. The average molecular weight is 354 g/mol. The molecule has 0 N–H and O–H groups in total. The van der Waals surface area contributed by atoms with E-state index in [2.05, 4.69) is 123 Å². The van der Waals surface area contributed by atoms with Gasteiger partial charge in [-0.05, 0) is 36.6 Å². The summed E-state index contributed by atoms with van der Waals surface area (Å²) in [5.74, 6) is 0. The number of benzene rings is 3. The zero-order chi connectivity index (χ0) is 19.1. The van der Waals surface area contributed by atoms with Crippen LogP contribution in [0, 0.1) is 0 Å². The van der Waals surface area contributed by atoms with Crippen molar-refractivity contribution in [1.29, 1.82) is 0 Å². The highest BCUT2D eigenvalue weighted by atomic mass is 15.2. The molecule has 0 aromatic heterocycles. The van der Waals surface area contributed by atoms with Crippen molar-refractivity contribution < 1.29 is 0 Å². The Morgan fingerprint density at radius 1 is 0.778 bits per heavy atom. The number of nitrogens with zero attached hydrogens (tertiary/aromatic N) is 1. The van der Waals surface area contributed by atoms with E-state index in [0.717, 1.165) is 0 Å². The van der Waals surface area contributed by atoms with Gasteiger partial charge in [-0.1, -0.05) is 97.1 Å². The van der Waals surface area contributed by atoms with Crippen molar-refractivity contribution in [2.75, 3.05) is 0 Å². The first-order valence-electron chi connectivity index (χ1n) is 9.37. The van der Waals surface area contributed by atoms with Crippen LogP contribution in [-0.4, -0.2) is 4.90 Å². The van der Waals surface area contributed by atoms with Gasteiger partial charge in [0.15, 0.2) is 0 Å². The Morgan fingerprint density at radius 3 is 1.85 bits per heavy atom. The Bertz CT molecular complexity index is 864. The third-order valence-corrected chi connectivity index (χ3v) is 5.02. The lowest BCUT2D eigenvalue weighted by Gasteiger charge is -2.43. The molecule has 1 nitrogen and oxygen atoms in total. The molecule has 0 amide bonds. The maximum atomic E-state index is 4.14. The first-order chi connectivity index (χ1) is 13.1. The van der Waals surface area contributed by atoms with E-state index in [1.807, 2.05) is 12.1 Å². The molecule has 3 rings (SSSR count). The van der Waals surface area contributed by atoms with Crippen molar-refractivity contribution in [3.05, 3.63) is 127 Å². The monoisotopic (exact) mass is 353 g/mol. The molecule has 0 aliphatic heterocycles. The molecule has 0 bridgehead atoms. The zero-order valence-corrected chi connectivity index (χ0v) is 16.1. The molecular formula is C26H27N. The second kappa shape index (κ2) is 8.55. The van der Waals surface area contributed by atoms with Gasteiger partial charge in [-0.2, -0.15) is 0 Å². The van der Waals surface area contributed by atoms with Crippen LogP contribution >= 0.6 is 0 Å². The Kier molecular flexibility index (Phi) is 5.93. The van der Waals surface area contributed by atoms with E-state index in [1.54, 1.807) is 0 Å². The largest absolute Gasteiger partial charge is 0.358 e. The summed E-state index contributed by atoms with van der Waals surface area (Å²) in [5, 5.41) is 0. The maximum Gasteiger partial charge on any atom is 0.0727 e. The van der Waals surface area contributed by atoms with E-state index in [9.17, 15) is 0 Å². The SMILES string of the molecule is C=CC(c1ccccc1)N(C=Cc1ccccc1)C(C)(C)c1ccccc1. The molecular weight excluding hydrogens is 326 g/mol. The normalized spacial score (nSPS) is 12.7. The molecule has 1 unspecified atom stereocenters. The first kappa shape index (κ1) is 18.7. The highest BCUT2D eigenvalue weighted by Crippen LogP contribution is 2.36. The van der Waals surface area contributed by atoms with Crippen LogP contribution in [-0.2, 0) is 5.54 Å². The molecule has 136 valence electrons. The predicted molar refractivity (Wildman–Crippen MR) is 116 cm³/mol. The van der Waals surface area contributed by atoms with E-state index < -0.39 is 0 Å². The number of hydrogen-bond acceptors (Lipinski definition) is 1. The van der Waals surface area contributed by atoms with Gasteiger partial charge in [0.2, 0.25) is 0 Å². The van der Waals surface area contributed by atoms with Crippen LogP contribution in [0.4, 0.5) is 0 Å². The van der Waals surface area contributed by atoms with Crippen molar-refractivity contribution in [3.8, 4) is 0 Å². The van der Waals surface area contributed by atoms with Crippen LogP contribution in [0.3, 0.4) is 0 Å². The highest BCUT2D eigenvalue weighted by molar-refractivity contribution is 5.49. The first-order valence-corrected chi connectivity index (χ1v) is 9.37. The molecule has 0 fully saturated rings. The van der Waals surface area contributed by atoms with E-state index in [4.69, 9.17) is 0 Å². The summed E-state index contributed by atoms with van der Waals surface area (Å²) in [7, 11) is 0. The quantitative estimate of drug-likeness (QED) is 0.421. The Hall–Kier alpha value is -3.06. The van der Waals surface area contributed by atoms with Crippen LogP contribution in [0.5, 0.6) is 0 Å². The fraction of sp³-hybridized carbons (Fsp3) is 0.154. The van der Waals surface area contributed by atoms with Gasteiger partial charge in [0.05, 0.1) is 11.6 Å². The van der Waals surface area contributed by atoms with Gasteiger partial charge in [-0.3, -0.25) is 0 Å². The molecule has 1 heteroatoms. The minimum absolute atomic E-state index is 0.0707. The van der Waals surface area contributed by atoms with Gasteiger partial charge >= 0.3 is 0 Å². The van der Waals surface area contributed by atoms with Crippen LogP contribution in [0.2, 0.25) is 0 Å². The molecule has 0 saturated heterocycles. The molecule has 3 aromatic carbocycles. The summed E-state index contributed by atoms with van der Waals surface area (Å²) in [5.41, 5.74) is 3.48. The lowest BCUT2D eigenvalue weighted by molar-refractivity contribution is 0.153. The molecule has 0 aliphatic carbocycles. The summed E-state index contributed by atoms with van der Waals surface area (Å²) >= 11 is 0. The minimum atomic E-state index is -0.207. The van der Waals surface area contributed by atoms with Gasteiger partial charge in [0.1, 0.15) is 0 Å². The molecule has 0 spiro atoms. The second-order valence-electron chi connectivity index (χ2n) is 7.15. The van der Waals surface area contributed by atoms with Crippen molar-refractivity contribution in [2.24, 2.45) is 0 Å². The maximum absolute atomic E-state index is 4.14. The topological polar surface area (TPSA) is 3.24 Å². The van der Waals surface area contributed by atoms with Crippen LogP contribution in [0.1, 0.15) is 36.6 Å². The van der Waals surface area contributed by atoms with E-state index in [1.165, 1.54) is 16.7 Å². The third kappa shape index (κ3) is 4.38. The Morgan fingerprint density at radius 2 is 1.30 bits per heavy atom. The zero-order valence-electron chi connectivity index (χ0n) is 16.1. The molecule has 0 heterocycles. The minimum Gasteiger partial charge on any atom is -0.358 e. The Balaban J connectivity index is 2.05. The van der Waals surface area contributed by atoms with Crippen LogP contribution < -0.4 is 0 Å². The van der Waals surface area contributed by atoms with Gasteiger partial charge in [-0.25, -0.2) is 0 Å². The summed E-state index contributed by atoms with van der Waals surface area (Å²) in [4.78, 5) is 2.39. The van der Waals surface area contributed by atoms with Crippen LogP contribution in [0.15, 0.2) is 110 Å². The lowest BCUT2D eigenvalue weighted by Crippen LogP contribution is -2.39. The van der Waals surface area contributed by atoms with E-state index in [0.29, 0.717) is 0 Å². The van der Waals surface area contributed by atoms with Gasteiger partial charge < -0.3 is 4.90 Å². The summed E-state index contributed by atoms with van der Waals surface area (Å²) in [6, 6.07) is 31.7. The number of rotatable bonds is 7. The second-order valence-corrected chi connectivity index (χ2v) is 7.15. The van der Waals surface area contributed by atoms with Gasteiger partial charge in [0, 0.05) is 6.20 Å². The van der Waals surface area contributed by atoms with Crippen molar-refractivity contribution in [3.63, 3.8) is 0 Å². The van der Waals surface area contributed by atoms with Gasteiger partial charge in [0.25, 0.3) is 0 Å². The molecule has 27 heavy (non-hydrogen) atoms. The molecule has 1 atom stereocenters. The predicted octanol–water partition coefficient (Wildman–Crippen LogP) is 6.82. The van der Waals surface area contributed by atoms with Crippen molar-refractivity contribution in [1.82, 2.24) is 4.90 Å². The molecule has 0 aliphatic rings. The lowest BCUT2D eigenvalue weighted by atomic mass is 9.89. The summed E-state index contributed by atoms with van der Waals surface area (Å²) in [6.45, 7) is 8.67. The fourth-order valence-electron chi connectivity index (χ4n) is 3.41. The molecule has 0 saturated carbocycles. The van der Waals surface area contributed by atoms with Crippen molar-refractivity contribution >= 4 is 6.08 Å². The van der Waals surface area contributed by atoms with Crippen molar-refractivity contribution in [2.45, 2.75) is 25.4 Å². The molecule has 0 radical (unpaired) electrons. The van der Waals surface area contributed by atoms with E-state index in [-0.39, 0.29) is 11.6 Å². The summed E-state index contributed by atoms with van der Waals surface area (Å²) in [6.07, 6.45) is 6.39. The molecule has 3 aromatic rings. The highest BCUT2D eigenvalue weighted by Gasteiger charge is 2.31.